The molecule has 0 unspecified atom stereocenters. The normalized spacial score (nSPS) is 11.4. The number of carbonyl (C=O) groups is 1. The first-order valence-corrected chi connectivity index (χ1v) is 9.09. The van der Waals surface area contributed by atoms with Gasteiger partial charge < -0.3 is 9.47 Å². The van der Waals surface area contributed by atoms with Crippen LogP contribution in [0.1, 0.15) is 18.1 Å². The molecule has 0 radical (unpaired) electrons. The van der Waals surface area contributed by atoms with Crippen LogP contribution in [-0.2, 0) is 4.79 Å². The van der Waals surface area contributed by atoms with E-state index in [1.807, 2.05) is 31.2 Å². The molecule has 0 bridgehead atoms. The summed E-state index contributed by atoms with van der Waals surface area (Å²) in [6, 6.07) is 21.8. The van der Waals surface area contributed by atoms with Crippen LogP contribution in [0.5, 0.6) is 11.5 Å². The van der Waals surface area contributed by atoms with Crippen molar-refractivity contribution >= 4 is 17.6 Å². The van der Waals surface area contributed by atoms with Gasteiger partial charge in [-0.25, -0.2) is 4.79 Å². The lowest BCUT2D eigenvalue weighted by Crippen LogP contribution is -2.28. The highest BCUT2D eigenvalue weighted by Crippen LogP contribution is 2.25. The molecular weight excluding hydrogens is 374 g/mol. The Kier molecular flexibility index (Phi) is 5.98. The summed E-state index contributed by atoms with van der Waals surface area (Å²) < 4.78 is 11.1. The minimum absolute atomic E-state index is 0.436. The smallest absolute Gasteiger partial charge is 0.352 e. The summed E-state index contributed by atoms with van der Waals surface area (Å²) in [6.45, 7) is 3.50. The Morgan fingerprint density at radius 2 is 1.61 bits per heavy atom. The number of rotatable bonds is 5. The number of hydrogen-bond acceptors (Lipinski definition) is 4. The molecule has 0 heterocycles. The quantitative estimate of drug-likeness (QED) is 0.422. The van der Waals surface area contributed by atoms with Gasteiger partial charge in [-0.05, 0) is 73.0 Å². The Hall–Kier alpha value is -3.29. The van der Waals surface area contributed by atoms with Gasteiger partial charge in [0.1, 0.15) is 11.5 Å². The van der Waals surface area contributed by atoms with Gasteiger partial charge in [0.15, 0.2) is 6.10 Å². The number of esters is 1. The lowest BCUT2D eigenvalue weighted by atomic mass is 10.0. The second-order valence-corrected chi connectivity index (χ2v) is 6.74. The average molecular weight is 392 g/mol. The second kappa shape index (κ2) is 8.60. The molecule has 0 aliphatic rings. The van der Waals surface area contributed by atoms with Crippen molar-refractivity contribution in [3.63, 3.8) is 0 Å². The van der Waals surface area contributed by atoms with Gasteiger partial charge in [-0.3, -0.25) is 0 Å². The van der Waals surface area contributed by atoms with Crippen LogP contribution in [0.3, 0.4) is 0 Å². The highest BCUT2D eigenvalue weighted by atomic mass is 35.5. The summed E-state index contributed by atoms with van der Waals surface area (Å²) in [5, 5.41) is 9.48. The third-order valence-electron chi connectivity index (χ3n) is 4.19. The van der Waals surface area contributed by atoms with E-state index in [-0.39, 0.29) is 0 Å². The summed E-state index contributed by atoms with van der Waals surface area (Å²) in [5.74, 6) is 0.538. The van der Waals surface area contributed by atoms with Crippen molar-refractivity contribution in [2.45, 2.75) is 20.0 Å². The zero-order valence-corrected chi connectivity index (χ0v) is 16.2. The maximum absolute atomic E-state index is 12.3. The third-order valence-corrected chi connectivity index (χ3v) is 4.43. The first-order chi connectivity index (χ1) is 13.5. The van der Waals surface area contributed by atoms with Gasteiger partial charge in [-0.1, -0.05) is 35.9 Å². The van der Waals surface area contributed by atoms with Gasteiger partial charge in [0.05, 0.1) is 11.6 Å². The van der Waals surface area contributed by atoms with Crippen LogP contribution in [0.15, 0.2) is 66.7 Å². The Morgan fingerprint density at radius 3 is 2.18 bits per heavy atom. The molecule has 0 saturated carbocycles. The molecule has 0 aromatic heterocycles. The molecule has 0 aliphatic heterocycles. The van der Waals surface area contributed by atoms with Crippen molar-refractivity contribution in [3.05, 3.63) is 82.9 Å². The zero-order valence-electron chi connectivity index (χ0n) is 15.5. The van der Waals surface area contributed by atoms with Crippen LogP contribution < -0.4 is 9.47 Å². The summed E-state index contributed by atoms with van der Waals surface area (Å²) >= 11 is 5.93. The van der Waals surface area contributed by atoms with E-state index in [9.17, 15) is 4.79 Å². The summed E-state index contributed by atoms with van der Waals surface area (Å²) in [7, 11) is 0. The molecule has 0 amide bonds. The van der Waals surface area contributed by atoms with Crippen molar-refractivity contribution in [2.24, 2.45) is 0 Å². The predicted molar refractivity (Wildman–Crippen MR) is 109 cm³/mol. The number of aryl methyl sites for hydroxylation is 1. The number of nitrogens with zero attached hydrogens (tertiary/aromatic N) is 1. The van der Waals surface area contributed by atoms with E-state index in [1.54, 1.807) is 49.4 Å². The number of nitriles is 1. The van der Waals surface area contributed by atoms with Crippen molar-refractivity contribution in [1.29, 1.82) is 5.26 Å². The van der Waals surface area contributed by atoms with E-state index in [2.05, 4.69) is 6.07 Å². The van der Waals surface area contributed by atoms with E-state index in [0.29, 0.717) is 22.1 Å². The first kappa shape index (κ1) is 19.5. The standard InChI is InChI=1S/C23H18ClNO3/c1-15-13-20(24)9-12-22(15)27-16(2)23(26)28-21-10-7-19(8-11-21)18-5-3-17(14-25)4-6-18/h3-13,16H,1-2H3/t16-/m1/s1. The van der Waals surface area contributed by atoms with Crippen LogP contribution in [0.4, 0.5) is 0 Å². The van der Waals surface area contributed by atoms with Crippen LogP contribution in [0.2, 0.25) is 5.02 Å². The highest BCUT2D eigenvalue weighted by Gasteiger charge is 2.18. The summed E-state index contributed by atoms with van der Waals surface area (Å²) in [6.07, 6.45) is -0.766. The van der Waals surface area contributed by atoms with Gasteiger partial charge in [0.2, 0.25) is 0 Å². The van der Waals surface area contributed by atoms with Crippen LogP contribution in [0.25, 0.3) is 11.1 Å². The number of halogens is 1. The first-order valence-electron chi connectivity index (χ1n) is 8.71. The van der Waals surface area contributed by atoms with E-state index in [0.717, 1.165) is 16.7 Å². The number of hydrogen-bond donors (Lipinski definition) is 0. The fourth-order valence-electron chi connectivity index (χ4n) is 2.64. The average Bonchev–Trinajstić information content (AvgIpc) is 2.70. The molecule has 28 heavy (non-hydrogen) atoms. The number of ether oxygens (including phenoxy) is 2. The maximum atomic E-state index is 12.3. The monoisotopic (exact) mass is 391 g/mol. The lowest BCUT2D eigenvalue weighted by molar-refractivity contribution is -0.141. The fourth-order valence-corrected chi connectivity index (χ4v) is 2.86. The van der Waals surface area contributed by atoms with E-state index in [1.165, 1.54) is 0 Å². The molecule has 0 spiro atoms. The van der Waals surface area contributed by atoms with Gasteiger partial charge in [-0.15, -0.1) is 0 Å². The summed E-state index contributed by atoms with van der Waals surface area (Å²) in [5.41, 5.74) is 3.40. The molecule has 0 N–H and O–H groups in total. The largest absolute Gasteiger partial charge is 0.479 e. The molecule has 1 atom stereocenters. The lowest BCUT2D eigenvalue weighted by Gasteiger charge is -2.15. The van der Waals surface area contributed by atoms with Crippen LogP contribution >= 0.6 is 11.6 Å². The van der Waals surface area contributed by atoms with Gasteiger partial charge in [0, 0.05) is 5.02 Å². The van der Waals surface area contributed by atoms with Crippen molar-refractivity contribution in [2.75, 3.05) is 0 Å². The third kappa shape index (κ3) is 4.70. The minimum Gasteiger partial charge on any atom is -0.479 e. The van der Waals surface area contributed by atoms with Crippen molar-refractivity contribution in [1.82, 2.24) is 0 Å². The van der Waals surface area contributed by atoms with Gasteiger partial charge in [-0.2, -0.15) is 5.26 Å². The number of carbonyl (C=O) groups excluding carboxylic acids is 1. The molecule has 0 fully saturated rings. The molecular formula is C23H18ClNO3. The van der Waals surface area contributed by atoms with E-state index < -0.39 is 12.1 Å². The molecule has 3 aromatic rings. The van der Waals surface area contributed by atoms with E-state index in [4.69, 9.17) is 26.3 Å². The Bertz CT molecular complexity index is 1020. The van der Waals surface area contributed by atoms with Crippen molar-refractivity contribution in [3.8, 4) is 28.7 Å². The fraction of sp³-hybridized carbons (Fsp3) is 0.130. The summed E-state index contributed by atoms with van der Waals surface area (Å²) in [4.78, 5) is 12.3. The van der Waals surface area contributed by atoms with Crippen LogP contribution in [-0.4, -0.2) is 12.1 Å². The molecule has 3 rings (SSSR count). The van der Waals surface area contributed by atoms with Crippen LogP contribution in [0, 0.1) is 18.3 Å². The molecule has 0 aliphatic carbocycles. The molecule has 4 nitrogen and oxygen atoms in total. The zero-order chi connectivity index (χ0) is 20.1. The van der Waals surface area contributed by atoms with E-state index >= 15 is 0 Å². The second-order valence-electron chi connectivity index (χ2n) is 6.30. The molecule has 0 saturated heterocycles. The maximum Gasteiger partial charge on any atom is 0.352 e. The molecule has 140 valence electrons. The van der Waals surface area contributed by atoms with Crippen molar-refractivity contribution < 1.29 is 14.3 Å². The predicted octanol–water partition coefficient (Wildman–Crippen LogP) is 5.56. The van der Waals surface area contributed by atoms with Gasteiger partial charge >= 0.3 is 5.97 Å². The minimum atomic E-state index is -0.766. The Morgan fingerprint density at radius 1 is 1.00 bits per heavy atom. The molecule has 3 aromatic carbocycles. The van der Waals surface area contributed by atoms with Gasteiger partial charge in [0.25, 0.3) is 0 Å². The number of benzene rings is 3. The topological polar surface area (TPSA) is 59.3 Å². The highest BCUT2D eigenvalue weighted by molar-refractivity contribution is 6.30. The Balaban J connectivity index is 1.64. The Labute approximate surface area is 168 Å². The SMILES string of the molecule is Cc1cc(Cl)ccc1O[C@H](C)C(=O)Oc1ccc(-c2ccc(C#N)cc2)cc1. The molecule has 5 heteroatoms.